The van der Waals surface area contributed by atoms with Crippen LogP contribution >= 0.6 is 0 Å². The Morgan fingerprint density at radius 1 is 1.03 bits per heavy atom. The summed E-state index contributed by atoms with van der Waals surface area (Å²) in [5.41, 5.74) is 2.09. The van der Waals surface area contributed by atoms with Crippen LogP contribution in [0.1, 0.15) is 58.6 Å². The third-order valence-corrected chi connectivity index (χ3v) is 5.12. The average molecular weight is 471 g/mol. The van der Waals surface area contributed by atoms with E-state index in [2.05, 4.69) is 12.2 Å². The number of aryl methyl sites for hydroxylation is 1. The molecule has 2 atom stereocenters. The maximum absolute atomic E-state index is 12.8. The summed E-state index contributed by atoms with van der Waals surface area (Å²) in [6.45, 7) is 6.30. The summed E-state index contributed by atoms with van der Waals surface area (Å²) >= 11 is 0. The van der Waals surface area contributed by atoms with Gasteiger partial charge in [-0.2, -0.15) is 0 Å². The molecule has 0 saturated carbocycles. The molecule has 0 radical (unpaired) electrons. The number of benzene rings is 2. The van der Waals surface area contributed by atoms with Crippen molar-refractivity contribution < 1.29 is 19.1 Å². The average Bonchev–Trinajstić information content (AvgIpc) is 2.84. The highest BCUT2D eigenvalue weighted by Gasteiger charge is 2.26. The molecule has 0 unspecified atom stereocenters. The SMILES string of the molecule is C.CC=O.CCCCN(C)C(=O)[C@H](C)N[C@@H](CCc1ccccc1)C(=O)OCc1ccccc1. The summed E-state index contributed by atoms with van der Waals surface area (Å²) in [6.07, 6.45) is 4.04. The molecular formula is C28H42N2O4. The van der Waals surface area contributed by atoms with Crippen molar-refractivity contribution in [1.82, 2.24) is 10.2 Å². The van der Waals surface area contributed by atoms with Crippen LogP contribution in [0.5, 0.6) is 0 Å². The van der Waals surface area contributed by atoms with E-state index in [4.69, 9.17) is 9.53 Å². The number of likely N-dealkylation sites (N-methyl/N-ethyl adjacent to an activating group) is 1. The Kier molecular flexibility index (Phi) is 16.8. The van der Waals surface area contributed by atoms with E-state index in [1.807, 2.05) is 74.6 Å². The van der Waals surface area contributed by atoms with Crippen molar-refractivity contribution in [3.8, 4) is 0 Å². The number of aldehydes is 1. The molecule has 34 heavy (non-hydrogen) atoms. The van der Waals surface area contributed by atoms with Crippen LogP contribution < -0.4 is 5.32 Å². The number of hydrogen-bond acceptors (Lipinski definition) is 5. The lowest BCUT2D eigenvalue weighted by Crippen LogP contribution is -2.50. The van der Waals surface area contributed by atoms with Crippen LogP contribution in [0.15, 0.2) is 60.7 Å². The van der Waals surface area contributed by atoms with E-state index in [-0.39, 0.29) is 25.9 Å². The van der Waals surface area contributed by atoms with Crippen LogP contribution in [0.3, 0.4) is 0 Å². The van der Waals surface area contributed by atoms with E-state index >= 15 is 0 Å². The molecule has 0 bridgehead atoms. The first-order chi connectivity index (χ1) is 15.9. The van der Waals surface area contributed by atoms with Crippen LogP contribution in [0.2, 0.25) is 0 Å². The third-order valence-electron chi connectivity index (χ3n) is 5.12. The van der Waals surface area contributed by atoms with Gasteiger partial charge >= 0.3 is 5.97 Å². The van der Waals surface area contributed by atoms with Crippen molar-refractivity contribution in [1.29, 1.82) is 0 Å². The van der Waals surface area contributed by atoms with Crippen LogP contribution in [-0.2, 0) is 32.1 Å². The third kappa shape index (κ3) is 12.3. The zero-order valence-corrected chi connectivity index (χ0v) is 20.3. The highest BCUT2D eigenvalue weighted by molar-refractivity contribution is 5.83. The van der Waals surface area contributed by atoms with Crippen LogP contribution in [0, 0.1) is 0 Å². The Hall–Kier alpha value is -2.99. The van der Waals surface area contributed by atoms with Gasteiger partial charge in [0.15, 0.2) is 0 Å². The van der Waals surface area contributed by atoms with Gasteiger partial charge in [-0.05, 0) is 44.2 Å². The number of esters is 1. The van der Waals surface area contributed by atoms with E-state index < -0.39 is 12.1 Å². The molecule has 6 heteroatoms. The fourth-order valence-electron chi connectivity index (χ4n) is 3.26. The van der Waals surface area contributed by atoms with Gasteiger partial charge < -0.3 is 14.4 Å². The molecule has 2 aromatic carbocycles. The van der Waals surface area contributed by atoms with E-state index in [1.54, 1.807) is 4.90 Å². The minimum atomic E-state index is -0.549. The molecule has 0 spiro atoms. The van der Waals surface area contributed by atoms with Crippen molar-refractivity contribution in [2.45, 2.75) is 72.6 Å². The van der Waals surface area contributed by atoms with E-state index in [9.17, 15) is 9.59 Å². The summed E-state index contributed by atoms with van der Waals surface area (Å²) in [5.74, 6) is -0.338. The number of nitrogens with zero attached hydrogens (tertiary/aromatic N) is 1. The van der Waals surface area contributed by atoms with Gasteiger partial charge in [0, 0.05) is 13.6 Å². The molecule has 1 amide bonds. The van der Waals surface area contributed by atoms with Crippen molar-refractivity contribution in [2.24, 2.45) is 0 Å². The zero-order chi connectivity index (χ0) is 24.5. The molecule has 2 aromatic rings. The summed E-state index contributed by atoms with van der Waals surface area (Å²) in [7, 11) is 1.81. The Labute approximate surface area is 205 Å². The van der Waals surface area contributed by atoms with Gasteiger partial charge in [0.2, 0.25) is 5.91 Å². The van der Waals surface area contributed by atoms with Gasteiger partial charge in [0.05, 0.1) is 6.04 Å². The summed E-state index contributed by atoms with van der Waals surface area (Å²) < 4.78 is 5.56. The maximum Gasteiger partial charge on any atom is 0.323 e. The molecule has 0 aliphatic carbocycles. The summed E-state index contributed by atoms with van der Waals surface area (Å²) in [5, 5.41) is 3.21. The van der Waals surface area contributed by atoms with Gasteiger partial charge in [-0.3, -0.25) is 14.9 Å². The number of carbonyl (C=O) groups excluding carboxylic acids is 3. The van der Waals surface area contributed by atoms with E-state index in [1.165, 1.54) is 6.92 Å². The van der Waals surface area contributed by atoms with Gasteiger partial charge in [0.1, 0.15) is 18.9 Å². The fraction of sp³-hybridized carbons (Fsp3) is 0.464. The topological polar surface area (TPSA) is 75.7 Å². The Bertz CT molecular complexity index is 812. The van der Waals surface area contributed by atoms with Crippen molar-refractivity contribution >= 4 is 18.2 Å². The lowest BCUT2D eigenvalue weighted by Gasteiger charge is -2.25. The first kappa shape index (κ1) is 31.0. The molecule has 0 aliphatic rings. The number of rotatable bonds is 12. The molecule has 188 valence electrons. The summed E-state index contributed by atoms with van der Waals surface area (Å²) in [4.78, 5) is 36.0. The maximum atomic E-state index is 12.8. The van der Waals surface area contributed by atoms with Crippen LogP contribution in [0.4, 0.5) is 0 Å². The highest BCUT2D eigenvalue weighted by atomic mass is 16.5. The number of ether oxygens (including phenoxy) is 1. The molecule has 6 nitrogen and oxygen atoms in total. The molecule has 0 fully saturated rings. The second-order valence-corrected chi connectivity index (χ2v) is 7.91. The monoisotopic (exact) mass is 470 g/mol. The van der Waals surface area contributed by atoms with Gasteiger partial charge in [-0.15, -0.1) is 0 Å². The molecule has 0 saturated heterocycles. The smallest absolute Gasteiger partial charge is 0.323 e. The van der Waals surface area contributed by atoms with E-state index in [0.29, 0.717) is 13.0 Å². The lowest BCUT2D eigenvalue weighted by atomic mass is 10.0. The molecule has 0 aliphatic heterocycles. The van der Waals surface area contributed by atoms with Crippen molar-refractivity contribution in [2.75, 3.05) is 13.6 Å². The lowest BCUT2D eigenvalue weighted by molar-refractivity contribution is -0.148. The molecule has 0 heterocycles. The van der Waals surface area contributed by atoms with Crippen LogP contribution in [0.25, 0.3) is 0 Å². The van der Waals surface area contributed by atoms with E-state index in [0.717, 1.165) is 36.7 Å². The first-order valence-corrected chi connectivity index (χ1v) is 11.6. The standard InChI is InChI=1S/C25H34N2O3.C2H4O.CH4/c1-4-5-18-27(3)24(28)20(2)26-23(17-16-21-12-8-6-9-13-21)25(29)30-19-22-14-10-7-11-15-22;1-2-3;/h6-15,20,23,26H,4-5,16-19H2,1-3H3;2H,1H3;1H4/t20-,23-;;/m0../s1. The normalized spacial score (nSPS) is 11.6. The number of amides is 1. The Morgan fingerprint density at radius 2 is 1.56 bits per heavy atom. The second kappa shape index (κ2) is 18.4. The number of hydrogen-bond donors (Lipinski definition) is 1. The molecule has 0 aromatic heterocycles. The predicted molar refractivity (Wildman–Crippen MR) is 138 cm³/mol. The zero-order valence-electron chi connectivity index (χ0n) is 20.3. The largest absolute Gasteiger partial charge is 0.460 e. The quantitative estimate of drug-likeness (QED) is 0.356. The second-order valence-electron chi connectivity index (χ2n) is 7.91. The number of carbonyl (C=O) groups is 3. The predicted octanol–water partition coefficient (Wildman–Crippen LogP) is 4.81. The highest BCUT2D eigenvalue weighted by Crippen LogP contribution is 2.10. The van der Waals surface area contributed by atoms with Gasteiger partial charge in [0.25, 0.3) is 0 Å². The minimum absolute atomic E-state index is 0. The van der Waals surface area contributed by atoms with Gasteiger partial charge in [-0.25, -0.2) is 0 Å². The van der Waals surface area contributed by atoms with Gasteiger partial charge in [-0.1, -0.05) is 81.4 Å². The number of unbranched alkanes of at least 4 members (excludes halogenated alkanes) is 1. The fourth-order valence-corrected chi connectivity index (χ4v) is 3.26. The molecular weight excluding hydrogens is 428 g/mol. The van der Waals surface area contributed by atoms with Crippen molar-refractivity contribution in [3.05, 3.63) is 71.8 Å². The van der Waals surface area contributed by atoms with Crippen LogP contribution in [-0.4, -0.2) is 48.7 Å². The minimum Gasteiger partial charge on any atom is -0.460 e. The molecule has 2 rings (SSSR count). The summed E-state index contributed by atoms with van der Waals surface area (Å²) in [6, 6.07) is 18.6. The van der Waals surface area contributed by atoms with Crippen molar-refractivity contribution in [3.63, 3.8) is 0 Å². The Balaban J connectivity index is 0.00000258. The number of nitrogens with one attached hydrogen (secondary N) is 1. The first-order valence-electron chi connectivity index (χ1n) is 11.6. The molecule has 1 N–H and O–H groups in total. The Morgan fingerprint density at radius 3 is 2.09 bits per heavy atom.